The Morgan fingerprint density at radius 2 is 2.00 bits per heavy atom. The zero-order valence-corrected chi connectivity index (χ0v) is 12.6. The summed E-state index contributed by atoms with van der Waals surface area (Å²) in [7, 11) is 1.35. The lowest BCUT2D eigenvalue weighted by Crippen LogP contribution is -2.45. The molecule has 0 saturated heterocycles. The van der Waals surface area contributed by atoms with E-state index in [1.54, 1.807) is 32.9 Å². The first-order chi connectivity index (χ1) is 9.64. The third-order valence-electron chi connectivity index (χ3n) is 3.10. The number of hydrogen-bond acceptors (Lipinski definition) is 3. The van der Waals surface area contributed by atoms with Gasteiger partial charge in [-0.25, -0.2) is 4.79 Å². The number of carbonyl (C=O) groups excluding carboxylic acids is 1. The zero-order chi connectivity index (χ0) is 15.8. The van der Waals surface area contributed by atoms with Crippen molar-refractivity contribution in [3.05, 3.63) is 29.3 Å². The molecule has 6 heteroatoms. The molecule has 2 rings (SSSR count). The second kappa shape index (κ2) is 5.16. The molecule has 1 aliphatic heterocycles. The van der Waals surface area contributed by atoms with Crippen LogP contribution in [-0.4, -0.2) is 30.2 Å². The van der Waals surface area contributed by atoms with Crippen LogP contribution in [0.3, 0.4) is 0 Å². The van der Waals surface area contributed by atoms with Gasteiger partial charge in [0.05, 0.1) is 19.2 Å². The smallest absolute Gasteiger partial charge is 0.410 e. The van der Waals surface area contributed by atoms with Crippen molar-refractivity contribution in [2.75, 3.05) is 13.7 Å². The third kappa shape index (κ3) is 3.25. The van der Waals surface area contributed by atoms with Gasteiger partial charge in [0.15, 0.2) is 0 Å². The van der Waals surface area contributed by atoms with E-state index < -0.39 is 24.2 Å². The Morgan fingerprint density at radius 3 is 2.57 bits per heavy atom. The summed E-state index contributed by atoms with van der Waals surface area (Å²) in [5, 5.41) is 0. The molecule has 0 atom stereocenters. The van der Waals surface area contributed by atoms with Gasteiger partial charge in [-0.2, -0.15) is 8.78 Å². The van der Waals surface area contributed by atoms with Crippen LogP contribution < -0.4 is 4.74 Å². The van der Waals surface area contributed by atoms with Crippen LogP contribution in [0.4, 0.5) is 13.6 Å². The first kappa shape index (κ1) is 15.5. The molecule has 0 radical (unpaired) electrons. The molecule has 0 aromatic heterocycles. The number of fused-ring (bicyclic) bond motifs is 1. The van der Waals surface area contributed by atoms with E-state index in [-0.39, 0.29) is 17.9 Å². The van der Waals surface area contributed by atoms with Gasteiger partial charge in [0.2, 0.25) is 0 Å². The highest BCUT2D eigenvalue weighted by molar-refractivity contribution is 5.69. The number of amides is 1. The van der Waals surface area contributed by atoms with E-state index in [0.717, 1.165) is 4.90 Å². The van der Waals surface area contributed by atoms with Gasteiger partial charge in [-0.05, 0) is 32.4 Å². The Kier molecular flexibility index (Phi) is 3.82. The molecule has 1 amide bonds. The van der Waals surface area contributed by atoms with E-state index in [0.29, 0.717) is 5.56 Å². The van der Waals surface area contributed by atoms with Crippen LogP contribution in [0.5, 0.6) is 5.75 Å². The number of benzene rings is 1. The number of ether oxygens (including phenoxy) is 2. The van der Waals surface area contributed by atoms with Crippen molar-refractivity contribution in [3.63, 3.8) is 0 Å². The van der Waals surface area contributed by atoms with Gasteiger partial charge < -0.3 is 9.47 Å². The van der Waals surface area contributed by atoms with Crippen molar-refractivity contribution in [1.82, 2.24) is 4.90 Å². The van der Waals surface area contributed by atoms with Crippen molar-refractivity contribution >= 4 is 6.09 Å². The summed E-state index contributed by atoms with van der Waals surface area (Å²) < 4.78 is 38.9. The highest BCUT2D eigenvalue weighted by Crippen LogP contribution is 2.42. The first-order valence-corrected chi connectivity index (χ1v) is 6.66. The Hall–Kier alpha value is -1.85. The van der Waals surface area contributed by atoms with Crippen LogP contribution in [0.15, 0.2) is 18.2 Å². The fourth-order valence-corrected chi connectivity index (χ4v) is 2.33. The number of hydrogen-bond donors (Lipinski definition) is 0. The van der Waals surface area contributed by atoms with Gasteiger partial charge in [-0.1, -0.05) is 12.1 Å². The summed E-state index contributed by atoms with van der Waals surface area (Å²) in [6, 6.07) is 4.70. The number of rotatable bonds is 1. The molecule has 1 aromatic carbocycles. The van der Waals surface area contributed by atoms with Crippen LogP contribution in [0.1, 0.15) is 31.9 Å². The average molecular weight is 299 g/mol. The molecular formula is C15H19F2NO3. The maximum absolute atomic E-state index is 14.4. The van der Waals surface area contributed by atoms with Crippen LogP contribution in [0.25, 0.3) is 0 Å². The lowest BCUT2D eigenvalue weighted by molar-refractivity contribution is -0.0605. The lowest BCUT2D eigenvalue weighted by Gasteiger charge is -2.36. The monoisotopic (exact) mass is 299 g/mol. The molecule has 0 spiro atoms. The van der Waals surface area contributed by atoms with Crippen molar-refractivity contribution in [1.29, 1.82) is 0 Å². The number of alkyl halides is 2. The number of nitrogens with zero attached hydrogens (tertiary/aromatic N) is 1. The quantitative estimate of drug-likeness (QED) is 0.796. The maximum Gasteiger partial charge on any atom is 0.410 e. The molecule has 116 valence electrons. The van der Waals surface area contributed by atoms with Gasteiger partial charge >= 0.3 is 6.09 Å². The van der Waals surface area contributed by atoms with Gasteiger partial charge in [0.1, 0.15) is 11.4 Å². The molecule has 0 aliphatic carbocycles. The van der Waals surface area contributed by atoms with Gasteiger partial charge in [-0.3, -0.25) is 4.90 Å². The topological polar surface area (TPSA) is 38.8 Å². The molecule has 0 fully saturated rings. The Morgan fingerprint density at radius 1 is 1.33 bits per heavy atom. The molecule has 1 aromatic rings. The van der Waals surface area contributed by atoms with Crippen molar-refractivity contribution in [2.24, 2.45) is 0 Å². The Bertz CT molecular complexity index is 552. The predicted molar refractivity (Wildman–Crippen MR) is 73.5 cm³/mol. The highest BCUT2D eigenvalue weighted by atomic mass is 19.3. The number of methoxy groups -OCH3 is 1. The fourth-order valence-electron chi connectivity index (χ4n) is 2.33. The summed E-state index contributed by atoms with van der Waals surface area (Å²) in [5.41, 5.74) is -0.495. The third-order valence-corrected chi connectivity index (χ3v) is 3.10. The van der Waals surface area contributed by atoms with Crippen molar-refractivity contribution in [3.8, 4) is 5.75 Å². The largest absolute Gasteiger partial charge is 0.496 e. The Labute approximate surface area is 122 Å². The predicted octanol–water partition coefficient (Wildman–Crippen LogP) is 3.54. The zero-order valence-electron chi connectivity index (χ0n) is 12.6. The minimum Gasteiger partial charge on any atom is -0.496 e. The van der Waals surface area contributed by atoms with Crippen LogP contribution in [0, 0.1) is 0 Å². The standard InChI is InChI=1S/C15H19F2NO3/c1-14(2,3)21-13(19)18-8-10-6-5-7-11(20-4)12(10)15(16,17)9-18/h5-7H,8-9H2,1-4H3. The molecule has 4 nitrogen and oxygen atoms in total. The molecule has 0 saturated carbocycles. The van der Waals surface area contributed by atoms with Crippen LogP contribution in [-0.2, 0) is 17.2 Å². The van der Waals surface area contributed by atoms with E-state index in [1.165, 1.54) is 13.2 Å². The van der Waals surface area contributed by atoms with Gasteiger partial charge in [0, 0.05) is 6.54 Å². The van der Waals surface area contributed by atoms with Crippen LogP contribution >= 0.6 is 0 Å². The molecule has 0 N–H and O–H groups in total. The van der Waals surface area contributed by atoms with Gasteiger partial charge in [0.25, 0.3) is 5.92 Å². The SMILES string of the molecule is COc1cccc2c1C(F)(F)CN(C(=O)OC(C)(C)C)C2. The molecule has 0 bridgehead atoms. The van der Waals surface area contributed by atoms with E-state index in [9.17, 15) is 13.6 Å². The molecular weight excluding hydrogens is 280 g/mol. The van der Waals surface area contributed by atoms with Gasteiger partial charge in [-0.15, -0.1) is 0 Å². The van der Waals surface area contributed by atoms with E-state index in [2.05, 4.69) is 0 Å². The molecule has 1 heterocycles. The minimum atomic E-state index is -3.17. The number of carbonyl (C=O) groups is 1. The van der Waals surface area contributed by atoms with Crippen LogP contribution in [0.2, 0.25) is 0 Å². The van der Waals surface area contributed by atoms with Crippen molar-refractivity contribution in [2.45, 2.75) is 38.8 Å². The molecule has 1 aliphatic rings. The summed E-state index contributed by atoms with van der Waals surface area (Å²) in [5.74, 6) is -3.03. The highest BCUT2D eigenvalue weighted by Gasteiger charge is 2.45. The molecule has 0 unspecified atom stereocenters. The van der Waals surface area contributed by atoms with E-state index >= 15 is 0 Å². The fraction of sp³-hybridized carbons (Fsp3) is 0.533. The van der Waals surface area contributed by atoms with E-state index in [1.807, 2.05) is 0 Å². The summed E-state index contributed by atoms with van der Waals surface area (Å²) in [6.07, 6.45) is -0.740. The summed E-state index contributed by atoms with van der Waals surface area (Å²) in [4.78, 5) is 13.0. The maximum atomic E-state index is 14.4. The summed E-state index contributed by atoms with van der Waals surface area (Å²) >= 11 is 0. The van der Waals surface area contributed by atoms with Crippen molar-refractivity contribution < 1.29 is 23.0 Å². The number of halogens is 2. The normalized spacial score (nSPS) is 17.1. The van der Waals surface area contributed by atoms with E-state index in [4.69, 9.17) is 9.47 Å². The molecule has 21 heavy (non-hydrogen) atoms. The average Bonchev–Trinajstić information content (AvgIpc) is 2.34. The lowest BCUT2D eigenvalue weighted by atomic mass is 9.95. The summed E-state index contributed by atoms with van der Waals surface area (Å²) in [6.45, 7) is 4.46. The second-order valence-electron chi connectivity index (χ2n) is 6.04. The second-order valence-corrected chi connectivity index (χ2v) is 6.04. The first-order valence-electron chi connectivity index (χ1n) is 6.66. The minimum absolute atomic E-state index is 0.0804. The Balaban J connectivity index is 2.32.